The molecule has 0 aromatic carbocycles. The van der Waals surface area contributed by atoms with Crippen molar-refractivity contribution in [2.75, 3.05) is 39.5 Å². The molecular weight excluding hydrogens is 722 g/mol. The van der Waals surface area contributed by atoms with E-state index in [0.717, 1.165) is 0 Å². The van der Waals surface area contributed by atoms with Gasteiger partial charge < -0.3 is 15.3 Å². The SMILES string of the molecule is O=P(O)(O)F.O=P(O)(O)F.O=P(O)(O)F.O=P(O)(O)F.O=P(O)(O)F.O=P(O)(O)F.OCCN(CCO)CCO. The molecule has 0 saturated heterocycles. The minimum Gasteiger partial charge on any atom is -0.395 e. The van der Waals surface area contributed by atoms with E-state index < -0.39 is 47.4 Å². The van der Waals surface area contributed by atoms with Crippen LogP contribution in [-0.2, 0) is 27.4 Å². The van der Waals surface area contributed by atoms with Crippen LogP contribution in [0.1, 0.15) is 0 Å². The van der Waals surface area contributed by atoms with Gasteiger partial charge in [-0.1, -0.05) is 0 Å². The summed E-state index contributed by atoms with van der Waals surface area (Å²) in [5, 5.41) is 25.5. The summed E-state index contributed by atoms with van der Waals surface area (Å²) in [5.41, 5.74) is 0. The summed E-state index contributed by atoms with van der Waals surface area (Å²) in [5.74, 6) is 0. The first-order chi connectivity index (χ1) is 16.8. The Kier molecular flexibility index (Phi) is 39.5. The van der Waals surface area contributed by atoms with Crippen LogP contribution in [0.5, 0.6) is 0 Å². The molecule has 0 aliphatic rings. The molecule has 34 heteroatoms. The number of halogens is 6. The van der Waals surface area contributed by atoms with Gasteiger partial charge in [0, 0.05) is 19.6 Å². The van der Waals surface area contributed by atoms with Crippen molar-refractivity contribution in [2.24, 2.45) is 0 Å². The Morgan fingerprint density at radius 2 is 0.425 bits per heavy atom. The van der Waals surface area contributed by atoms with Gasteiger partial charge in [-0.05, 0) is 0 Å². The van der Waals surface area contributed by atoms with E-state index in [1.165, 1.54) is 0 Å². The Balaban J connectivity index is -0.0000000651. The Morgan fingerprint density at radius 1 is 0.350 bits per heavy atom. The largest absolute Gasteiger partial charge is 0.507 e. The second-order valence-electron chi connectivity index (χ2n) is 4.85. The highest BCUT2D eigenvalue weighted by molar-refractivity contribution is 7.46. The Hall–Kier alpha value is 0.320. The maximum atomic E-state index is 10.4. The van der Waals surface area contributed by atoms with Crippen molar-refractivity contribution < 1.29 is 127 Å². The topological polar surface area (TPSA) is 409 Å². The predicted octanol–water partition coefficient (Wildman–Crippen LogP) is -1.44. The van der Waals surface area contributed by atoms with Crippen LogP contribution in [0.25, 0.3) is 0 Å². The predicted molar refractivity (Wildman–Crippen MR) is 117 cm³/mol. The van der Waals surface area contributed by atoms with Crippen LogP contribution in [0.15, 0.2) is 0 Å². The molecule has 0 heterocycles. The maximum Gasteiger partial charge on any atom is 0.507 e. The van der Waals surface area contributed by atoms with Crippen molar-refractivity contribution in [3.05, 3.63) is 0 Å². The Labute approximate surface area is 219 Å². The smallest absolute Gasteiger partial charge is 0.395 e. The van der Waals surface area contributed by atoms with Crippen LogP contribution in [0.2, 0.25) is 0 Å². The number of aliphatic hydroxyl groups is 3. The van der Waals surface area contributed by atoms with E-state index in [4.69, 9.17) is 101 Å². The van der Waals surface area contributed by atoms with Crippen LogP contribution in [0, 0.1) is 0 Å². The van der Waals surface area contributed by atoms with Crippen molar-refractivity contribution in [3.8, 4) is 0 Å². The average Bonchev–Trinajstić information content (AvgIpc) is 2.45. The van der Waals surface area contributed by atoms with Gasteiger partial charge in [-0.25, -0.2) is 27.4 Å². The first-order valence-corrected chi connectivity index (χ1v) is 16.9. The summed E-state index contributed by atoms with van der Waals surface area (Å²) in [7, 11) is -30.8. The zero-order valence-electron chi connectivity index (χ0n) is 18.8. The van der Waals surface area contributed by atoms with E-state index in [-0.39, 0.29) is 19.8 Å². The molecule has 22 nitrogen and oxygen atoms in total. The Bertz CT molecular complexity index is 626. The lowest BCUT2D eigenvalue weighted by Gasteiger charge is -2.17. The molecule has 0 aliphatic heterocycles. The Morgan fingerprint density at radius 3 is 0.475 bits per heavy atom. The van der Waals surface area contributed by atoms with Gasteiger partial charge in [0.2, 0.25) is 0 Å². The molecule has 0 rings (SSSR count). The fourth-order valence-corrected chi connectivity index (χ4v) is 0.760. The quantitative estimate of drug-likeness (QED) is 0.109. The van der Waals surface area contributed by atoms with E-state index in [9.17, 15) is 25.2 Å². The van der Waals surface area contributed by atoms with Crippen molar-refractivity contribution in [1.82, 2.24) is 4.90 Å². The lowest BCUT2D eigenvalue weighted by molar-refractivity contribution is 0.136. The van der Waals surface area contributed by atoms with Crippen LogP contribution < -0.4 is 0 Å². The summed E-state index contributed by atoms with van der Waals surface area (Å²) in [4.78, 5) is 85.4. The number of hydrogen-bond donors (Lipinski definition) is 15. The molecule has 0 bridgehead atoms. The summed E-state index contributed by atoms with van der Waals surface area (Å²) in [6, 6.07) is 0. The summed E-state index contributed by atoms with van der Waals surface area (Å²) in [6.07, 6.45) is 0. The molecule has 0 saturated carbocycles. The summed E-state index contributed by atoms with van der Waals surface area (Å²) >= 11 is 0. The first-order valence-electron chi connectivity index (χ1n) is 7.91. The molecule has 40 heavy (non-hydrogen) atoms. The highest BCUT2D eigenvalue weighted by atomic mass is 31.2. The molecule has 0 atom stereocenters. The monoisotopic (exact) mass is 749 g/mol. The third kappa shape index (κ3) is 614. The molecule has 0 aromatic heterocycles. The number of nitrogens with zero attached hydrogens (tertiary/aromatic N) is 1. The van der Waals surface area contributed by atoms with E-state index in [1.807, 2.05) is 0 Å². The van der Waals surface area contributed by atoms with E-state index in [2.05, 4.69) is 0 Å². The van der Waals surface area contributed by atoms with E-state index >= 15 is 0 Å². The third-order valence-corrected chi connectivity index (χ3v) is 1.25. The summed E-state index contributed by atoms with van der Waals surface area (Å²) in [6.45, 7) is 1.75. The van der Waals surface area contributed by atoms with Crippen LogP contribution in [0.4, 0.5) is 25.2 Å². The lowest BCUT2D eigenvalue weighted by Crippen LogP contribution is -2.32. The normalized spacial score (nSPS) is 11.6. The molecule has 0 radical (unpaired) electrons. The molecule has 0 aliphatic carbocycles. The second-order valence-corrected chi connectivity index (χ2v) is 10.5. The average molecular weight is 749 g/mol. The van der Waals surface area contributed by atoms with Crippen LogP contribution in [-0.4, -0.2) is 118 Å². The fourth-order valence-electron chi connectivity index (χ4n) is 0.760. The fraction of sp³-hybridized carbons (Fsp3) is 1.00. The van der Waals surface area contributed by atoms with Gasteiger partial charge in [0.25, 0.3) is 0 Å². The second kappa shape index (κ2) is 28.1. The first kappa shape index (κ1) is 56.1. The van der Waals surface area contributed by atoms with Gasteiger partial charge in [-0.15, -0.1) is 25.2 Å². The number of rotatable bonds is 6. The zero-order chi connectivity index (χ0) is 34.8. The molecule has 0 unspecified atom stereocenters. The molecule has 0 amide bonds. The van der Waals surface area contributed by atoms with Gasteiger partial charge in [0.1, 0.15) is 0 Å². The highest BCUT2D eigenvalue weighted by Crippen LogP contribution is 2.37. The molecule has 0 fully saturated rings. The molecule has 254 valence electrons. The highest BCUT2D eigenvalue weighted by Gasteiger charge is 2.07. The van der Waals surface area contributed by atoms with E-state index in [0.29, 0.717) is 19.6 Å². The van der Waals surface area contributed by atoms with Gasteiger partial charge >= 0.3 is 47.4 Å². The van der Waals surface area contributed by atoms with Crippen LogP contribution in [0.3, 0.4) is 0 Å². The van der Waals surface area contributed by atoms with Crippen molar-refractivity contribution in [3.63, 3.8) is 0 Å². The van der Waals surface area contributed by atoms with Gasteiger partial charge in [-0.3, -0.25) is 63.6 Å². The van der Waals surface area contributed by atoms with Crippen LogP contribution >= 0.6 is 47.4 Å². The molecular formula is C6H27F6NO21P6. The summed E-state index contributed by atoms with van der Waals surface area (Å²) < 4.78 is 114. The minimum absolute atomic E-state index is 0.0694. The van der Waals surface area contributed by atoms with E-state index in [1.54, 1.807) is 4.90 Å². The minimum atomic E-state index is -5.14. The third-order valence-electron chi connectivity index (χ3n) is 1.25. The van der Waals surface area contributed by atoms with Crippen molar-refractivity contribution in [1.29, 1.82) is 0 Å². The van der Waals surface area contributed by atoms with Gasteiger partial charge in [0.05, 0.1) is 19.8 Å². The molecule has 0 spiro atoms. The molecule has 0 aromatic rings. The number of aliphatic hydroxyl groups excluding tert-OH is 3. The van der Waals surface area contributed by atoms with Gasteiger partial charge in [0.15, 0.2) is 0 Å². The zero-order valence-corrected chi connectivity index (χ0v) is 24.2. The number of hydrogen-bond acceptors (Lipinski definition) is 10. The van der Waals surface area contributed by atoms with Crippen molar-refractivity contribution >= 4 is 47.4 Å². The lowest BCUT2D eigenvalue weighted by atomic mass is 10.4. The van der Waals surface area contributed by atoms with Crippen molar-refractivity contribution in [2.45, 2.75) is 0 Å². The molecule has 15 N–H and O–H groups in total. The standard InChI is InChI=1S/C6H15NO3.6FH2O3P/c8-4-1-7(2-5-9)3-6-10;6*1-5(2,3)4/h8-10H,1-6H2;6*(H2,2,3,4). The van der Waals surface area contributed by atoms with Gasteiger partial charge in [-0.2, -0.15) is 0 Å². The maximum absolute atomic E-state index is 10.4.